The van der Waals surface area contributed by atoms with Crippen molar-refractivity contribution >= 4 is 23.4 Å². The first-order valence-corrected chi connectivity index (χ1v) is 10.4. The first-order chi connectivity index (χ1) is 14.9. The summed E-state index contributed by atoms with van der Waals surface area (Å²) in [4.78, 5) is 4.60. The summed E-state index contributed by atoms with van der Waals surface area (Å²) in [6, 6.07) is 3.89. The first-order valence-electron chi connectivity index (χ1n) is 9.14. The highest BCUT2D eigenvalue weighted by Gasteiger charge is 2.46. The predicted octanol–water partition coefficient (Wildman–Crippen LogP) is 2.04. The highest BCUT2D eigenvalue weighted by Crippen LogP contribution is 2.38. The molecule has 3 heterocycles. The lowest BCUT2D eigenvalue weighted by Crippen LogP contribution is -2.55. The minimum Gasteiger partial charge on any atom is -0.394 e. The topological polar surface area (TPSA) is 114 Å². The number of aromatic nitrogens is 4. The third-order valence-corrected chi connectivity index (χ3v) is 6.14. The maximum Gasteiger partial charge on any atom is 0.159 e. The van der Waals surface area contributed by atoms with E-state index < -0.39 is 48.0 Å². The number of ether oxygens (including phenoxy) is 1. The molecular weight excluding hydrogens is 454 g/mol. The summed E-state index contributed by atoms with van der Waals surface area (Å²) in [5, 5.41) is 39.5. The Bertz CT molecular complexity index is 1070. The van der Waals surface area contributed by atoms with Gasteiger partial charge in [0.15, 0.2) is 11.6 Å². The van der Waals surface area contributed by atoms with Crippen LogP contribution in [0.25, 0.3) is 11.3 Å². The van der Waals surface area contributed by atoms with Gasteiger partial charge in [0.05, 0.1) is 17.8 Å². The monoisotopic (exact) mass is 470 g/mol. The second kappa shape index (κ2) is 9.15. The molecule has 2 aromatic heterocycles. The maximum absolute atomic E-state index is 13.6. The van der Waals surface area contributed by atoms with E-state index >= 15 is 0 Å². The summed E-state index contributed by atoms with van der Waals surface area (Å²) >= 11 is 7.07. The average Bonchev–Trinajstić information content (AvgIpc) is 3.22. The Morgan fingerprint density at radius 2 is 1.94 bits per heavy atom. The van der Waals surface area contributed by atoms with Crippen LogP contribution in [-0.2, 0) is 4.74 Å². The van der Waals surface area contributed by atoms with Crippen LogP contribution < -0.4 is 0 Å². The van der Waals surface area contributed by atoms with Crippen LogP contribution in [0.1, 0.15) is 6.04 Å². The maximum atomic E-state index is 13.6. The molecule has 0 radical (unpaired) electrons. The summed E-state index contributed by atoms with van der Waals surface area (Å²) in [6.45, 7) is -0.500. The summed E-state index contributed by atoms with van der Waals surface area (Å²) in [5.74, 6) is -2.03. The van der Waals surface area contributed by atoms with Crippen LogP contribution in [0.5, 0.6) is 0 Å². The highest BCUT2D eigenvalue weighted by molar-refractivity contribution is 7.99. The van der Waals surface area contributed by atoms with E-state index in [-0.39, 0.29) is 11.3 Å². The molecule has 3 aromatic rings. The molecule has 1 saturated heterocycles. The summed E-state index contributed by atoms with van der Waals surface area (Å²) in [5.41, 5.74) is -0.397. The second-order valence-corrected chi connectivity index (χ2v) is 8.47. The summed E-state index contributed by atoms with van der Waals surface area (Å²) in [7, 11) is 0. The van der Waals surface area contributed by atoms with Crippen molar-refractivity contribution in [3.8, 4) is 11.3 Å². The van der Waals surface area contributed by atoms with Gasteiger partial charge in [-0.15, -0.1) is 5.10 Å². The molecule has 1 aliphatic heterocycles. The van der Waals surface area contributed by atoms with E-state index in [2.05, 4.69) is 15.3 Å². The molecule has 0 aliphatic carbocycles. The molecule has 2 unspecified atom stereocenters. The predicted molar refractivity (Wildman–Crippen MR) is 107 cm³/mol. The molecule has 0 saturated carbocycles. The number of thioether (sulfide) groups is 1. The van der Waals surface area contributed by atoms with Crippen molar-refractivity contribution in [1.29, 1.82) is 0 Å². The number of nitrogens with zero attached hydrogens (tertiary/aromatic N) is 4. The molecule has 0 amide bonds. The van der Waals surface area contributed by atoms with E-state index in [1.807, 2.05) is 0 Å². The molecule has 0 spiro atoms. The van der Waals surface area contributed by atoms with Gasteiger partial charge < -0.3 is 20.1 Å². The lowest BCUT2D eigenvalue weighted by Gasteiger charge is -2.41. The van der Waals surface area contributed by atoms with E-state index in [1.54, 1.807) is 6.07 Å². The Kier molecular flexibility index (Phi) is 6.51. The third-order valence-electron chi connectivity index (χ3n) is 4.81. The molecule has 8 nitrogen and oxygen atoms in total. The number of aliphatic hydroxyl groups is 3. The average molecular weight is 471 g/mol. The molecule has 12 heteroatoms. The van der Waals surface area contributed by atoms with Gasteiger partial charge in [0.1, 0.15) is 35.5 Å². The van der Waals surface area contributed by atoms with Crippen LogP contribution in [0.3, 0.4) is 0 Å². The molecule has 1 aromatic carbocycles. The van der Waals surface area contributed by atoms with E-state index in [4.69, 9.17) is 16.3 Å². The number of aliphatic hydroxyl groups excluding tert-OH is 3. The minimum absolute atomic E-state index is 0.216. The molecule has 5 atom stereocenters. The third kappa shape index (κ3) is 4.56. The zero-order chi connectivity index (χ0) is 22.1. The van der Waals surface area contributed by atoms with Crippen molar-refractivity contribution in [2.24, 2.45) is 0 Å². The Morgan fingerprint density at radius 3 is 2.65 bits per heavy atom. The Labute approximate surface area is 184 Å². The van der Waals surface area contributed by atoms with Crippen LogP contribution in [-0.4, -0.2) is 65.7 Å². The number of pyridine rings is 1. The van der Waals surface area contributed by atoms with Gasteiger partial charge in [-0.2, -0.15) is 0 Å². The fourth-order valence-corrected chi connectivity index (χ4v) is 4.60. The number of hydrogen-bond acceptors (Lipinski definition) is 8. The van der Waals surface area contributed by atoms with Gasteiger partial charge in [0.25, 0.3) is 0 Å². The summed E-state index contributed by atoms with van der Waals surface area (Å²) in [6.07, 6.45) is 0.815. The van der Waals surface area contributed by atoms with E-state index in [9.17, 15) is 24.1 Å². The molecule has 1 fully saturated rings. The largest absolute Gasteiger partial charge is 0.394 e. The minimum atomic E-state index is -1.31. The van der Waals surface area contributed by atoms with Gasteiger partial charge >= 0.3 is 0 Å². The van der Waals surface area contributed by atoms with Crippen molar-refractivity contribution < 1.29 is 28.8 Å². The van der Waals surface area contributed by atoms with Crippen LogP contribution in [0.4, 0.5) is 8.78 Å². The molecule has 164 valence electrons. The molecule has 31 heavy (non-hydrogen) atoms. The van der Waals surface area contributed by atoms with Crippen LogP contribution >= 0.6 is 23.4 Å². The lowest BCUT2D eigenvalue weighted by molar-refractivity contribution is -0.178. The fourth-order valence-electron chi connectivity index (χ4n) is 3.28. The first kappa shape index (κ1) is 22.1. The number of rotatable bonds is 5. The Hall–Kier alpha value is -2.15. The van der Waals surface area contributed by atoms with Gasteiger partial charge in [-0.25, -0.2) is 13.5 Å². The number of halogens is 3. The van der Waals surface area contributed by atoms with Gasteiger partial charge in [-0.3, -0.25) is 4.98 Å². The van der Waals surface area contributed by atoms with Gasteiger partial charge in [-0.05, 0) is 24.3 Å². The zero-order valence-corrected chi connectivity index (χ0v) is 17.3. The standard InChI is InChI=1S/C19H17ClF2N4O4S/c20-10-4-11(6-23-5-10)31-19-18(29)16(17(28)15(8-27)30-19)26-7-14(24-25-26)9-1-2-12(21)13(22)3-9/h1-7,15-19,27-29H,8H2/t15?,16?,17-,18-,19+/m0/s1. The smallest absolute Gasteiger partial charge is 0.159 e. The molecule has 0 bridgehead atoms. The van der Waals surface area contributed by atoms with Crippen LogP contribution in [0.15, 0.2) is 47.8 Å². The normalized spacial score (nSPS) is 26.2. The fraction of sp³-hybridized carbons (Fsp3) is 0.316. The Morgan fingerprint density at radius 1 is 1.13 bits per heavy atom. The quantitative estimate of drug-likeness (QED) is 0.519. The molecular formula is C19H17ClF2N4O4S. The SMILES string of the molecule is OCC1O[C@H](Sc2cncc(Cl)c2)[C@@H](O)C(n2cc(-c3ccc(F)c(F)c3)nn2)[C@H]1O. The van der Waals surface area contributed by atoms with Crippen molar-refractivity contribution in [3.05, 3.63) is 59.5 Å². The number of hydrogen-bond donors (Lipinski definition) is 3. The van der Waals surface area contributed by atoms with Gasteiger partial charge in [0, 0.05) is 22.9 Å². The highest BCUT2D eigenvalue weighted by atomic mass is 35.5. The van der Waals surface area contributed by atoms with E-state index in [0.717, 1.165) is 23.9 Å². The summed E-state index contributed by atoms with van der Waals surface area (Å²) < 4.78 is 33.7. The molecule has 1 aliphatic rings. The second-order valence-electron chi connectivity index (χ2n) is 6.87. The zero-order valence-electron chi connectivity index (χ0n) is 15.7. The molecule has 3 N–H and O–H groups in total. The van der Waals surface area contributed by atoms with Crippen LogP contribution in [0, 0.1) is 11.6 Å². The van der Waals surface area contributed by atoms with Crippen molar-refractivity contribution in [2.75, 3.05) is 6.61 Å². The van der Waals surface area contributed by atoms with Crippen molar-refractivity contribution in [2.45, 2.75) is 34.7 Å². The van der Waals surface area contributed by atoms with E-state index in [1.165, 1.54) is 29.3 Å². The van der Waals surface area contributed by atoms with Crippen molar-refractivity contribution in [1.82, 2.24) is 20.0 Å². The van der Waals surface area contributed by atoms with E-state index in [0.29, 0.717) is 9.92 Å². The number of benzene rings is 1. The van der Waals surface area contributed by atoms with Crippen molar-refractivity contribution in [3.63, 3.8) is 0 Å². The van der Waals surface area contributed by atoms with Gasteiger partial charge in [-0.1, -0.05) is 28.6 Å². The van der Waals surface area contributed by atoms with Gasteiger partial charge in [0.2, 0.25) is 0 Å². The van der Waals surface area contributed by atoms with Crippen LogP contribution in [0.2, 0.25) is 5.02 Å². The molecule has 4 rings (SSSR count). The Balaban J connectivity index is 1.62. The lowest BCUT2D eigenvalue weighted by atomic mass is 9.97.